The highest BCUT2D eigenvalue weighted by molar-refractivity contribution is 5.96. The second-order valence-corrected chi connectivity index (χ2v) is 4.81. The second kappa shape index (κ2) is 7.33. The van der Waals surface area contributed by atoms with E-state index >= 15 is 0 Å². The maximum Gasteiger partial charge on any atom is 0.321 e. The van der Waals surface area contributed by atoms with Crippen LogP contribution < -0.4 is 16.0 Å². The number of amides is 3. The quantitative estimate of drug-likeness (QED) is 0.569. The predicted molar refractivity (Wildman–Crippen MR) is 68.0 cm³/mol. The summed E-state index contributed by atoms with van der Waals surface area (Å²) in [5.74, 6) is -0.159. The van der Waals surface area contributed by atoms with Crippen molar-refractivity contribution in [1.29, 1.82) is 0 Å². The molecule has 6 nitrogen and oxygen atoms in total. The summed E-state index contributed by atoms with van der Waals surface area (Å²) in [5.41, 5.74) is 0. The van der Waals surface area contributed by atoms with Gasteiger partial charge in [0.25, 0.3) is 0 Å². The Morgan fingerprint density at radius 1 is 1.33 bits per heavy atom. The molecule has 3 unspecified atom stereocenters. The largest absolute Gasteiger partial charge is 0.393 e. The van der Waals surface area contributed by atoms with Crippen LogP contribution in [0, 0.1) is 5.92 Å². The first-order valence-electron chi connectivity index (χ1n) is 6.48. The van der Waals surface area contributed by atoms with Gasteiger partial charge >= 0.3 is 6.03 Å². The predicted octanol–water partition coefficient (Wildman–Crippen LogP) is -0.0288. The SMILES string of the molecule is CNC(=O)NC(=O)C(C)NCC1CCCCC1O. The number of nitrogens with one attached hydrogen (secondary N) is 3. The fourth-order valence-electron chi connectivity index (χ4n) is 2.13. The van der Waals surface area contributed by atoms with Crippen molar-refractivity contribution in [2.24, 2.45) is 5.92 Å². The molecule has 104 valence electrons. The minimum absolute atomic E-state index is 0.203. The summed E-state index contributed by atoms with van der Waals surface area (Å²) in [6.07, 6.45) is 3.75. The Kier molecular flexibility index (Phi) is 6.07. The fourth-order valence-corrected chi connectivity index (χ4v) is 2.13. The van der Waals surface area contributed by atoms with Gasteiger partial charge in [-0.1, -0.05) is 12.8 Å². The molecule has 0 spiro atoms. The molecular weight excluding hydrogens is 234 g/mol. The first-order valence-corrected chi connectivity index (χ1v) is 6.48. The fraction of sp³-hybridized carbons (Fsp3) is 0.833. The van der Waals surface area contributed by atoms with Gasteiger partial charge in [0.1, 0.15) is 0 Å². The van der Waals surface area contributed by atoms with Gasteiger partial charge in [-0.05, 0) is 25.7 Å². The minimum atomic E-state index is -0.508. The van der Waals surface area contributed by atoms with Crippen LogP contribution in [0.15, 0.2) is 0 Å². The number of hydrogen-bond acceptors (Lipinski definition) is 4. The second-order valence-electron chi connectivity index (χ2n) is 4.81. The molecule has 0 aromatic heterocycles. The van der Waals surface area contributed by atoms with Crippen molar-refractivity contribution in [2.75, 3.05) is 13.6 Å². The van der Waals surface area contributed by atoms with Crippen molar-refractivity contribution in [3.8, 4) is 0 Å². The van der Waals surface area contributed by atoms with E-state index in [0.29, 0.717) is 6.54 Å². The Morgan fingerprint density at radius 2 is 2.00 bits per heavy atom. The number of hydrogen-bond donors (Lipinski definition) is 4. The Labute approximate surface area is 108 Å². The van der Waals surface area contributed by atoms with Crippen LogP contribution in [0.25, 0.3) is 0 Å². The molecule has 3 atom stereocenters. The third kappa shape index (κ3) is 4.62. The molecule has 18 heavy (non-hydrogen) atoms. The average molecular weight is 257 g/mol. The molecule has 0 aromatic rings. The molecule has 1 rings (SSSR count). The van der Waals surface area contributed by atoms with E-state index < -0.39 is 12.1 Å². The van der Waals surface area contributed by atoms with Gasteiger partial charge in [0.15, 0.2) is 0 Å². The highest BCUT2D eigenvalue weighted by Gasteiger charge is 2.24. The molecule has 1 aliphatic carbocycles. The summed E-state index contributed by atoms with van der Waals surface area (Å²) in [4.78, 5) is 22.5. The van der Waals surface area contributed by atoms with Gasteiger partial charge in [0.2, 0.25) is 5.91 Å². The highest BCUT2D eigenvalue weighted by atomic mass is 16.3. The lowest BCUT2D eigenvalue weighted by Crippen LogP contribution is -2.49. The van der Waals surface area contributed by atoms with Gasteiger partial charge in [-0.15, -0.1) is 0 Å². The van der Waals surface area contributed by atoms with E-state index in [-0.39, 0.29) is 17.9 Å². The van der Waals surface area contributed by atoms with E-state index in [0.717, 1.165) is 25.7 Å². The van der Waals surface area contributed by atoms with E-state index in [1.165, 1.54) is 7.05 Å². The van der Waals surface area contributed by atoms with Crippen LogP contribution in [-0.4, -0.2) is 42.8 Å². The zero-order valence-corrected chi connectivity index (χ0v) is 11.0. The Bertz CT molecular complexity index is 296. The first-order chi connectivity index (χ1) is 8.54. The van der Waals surface area contributed by atoms with Crippen LogP contribution in [0.1, 0.15) is 32.6 Å². The molecule has 6 heteroatoms. The number of urea groups is 1. The summed E-state index contributed by atoms with van der Waals surface area (Å²) in [6, 6.07) is -0.956. The maximum absolute atomic E-state index is 11.6. The van der Waals surface area contributed by atoms with Gasteiger partial charge in [0.05, 0.1) is 12.1 Å². The van der Waals surface area contributed by atoms with E-state index in [4.69, 9.17) is 0 Å². The van der Waals surface area contributed by atoms with E-state index in [1.54, 1.807) is 6.92 Å². The van der Waals surface area contributed by atoms with Crippen LogP contribution >= 0.6 is 0 Å². The van der Waals surface area contributed by atoms with E-state index in [1.807, 2.05) is 0 Å². The van der Waals surface area contributed by atoms with Crippen molar-refractivity contribution in [3.05, 3.63) is 0 Å². The zero-order valence-electron chi connectivity index (χ0n) is 11.0. The van der Waals surface area contributed by atoms with Crippen LogP contribution in [0.3, 0.4) is 0 Å². The molecule has 0 aromatic carbocycles. The van der Waals surface area contributed by atoms with Gasteiger partial charge in [-0.25, -0.2) is 4.79 Å². The molecule has 0 saturated heterocycles. The molecule has 1 aliphatic rings. The summed E-state index contributed by atoms with van der Waals surface area (Å²) in [7, 11) is 1.46. The van der Waals surface area contributed by atoms with E-state index in [2.05, 4.69) is 16.0 Å². The molecule has 0 aliphatic heterocycles. The van der Waals surface area contributed by atoms with Crippen LogP contribution in [0.4, 0.5) is 4.79 Å². The molecule has 0 bridgehead atoms. The number of carbonyl (C=O) groups is 2. The molecule has 4 N–H and O–H groups in total. The van der Waals surface area contributed by atoms with Crippen LogP contribution in [0.2, 0.25) is 0 Å². The van der Waals surface area contributed by atoms with Crippen molar-refractivity contribution < 1.29 is 14.7 Å². The van der Waals surface area contributed by atoms with E-state index in [9.17, 15) is 14.7 Å². The Balaban J connectivity index is 2.29. The maximum atomic E-state index is 11.6. The van der Waals surface area contributed by atoms with Crippen LogP contribution in [-0.2, 0) is 4.79 Å². The highest BCUT2D eigenvalue weighted by Crippen LogP contribution is 2.23. The number of aliphatic hydroxyl groups excluding tert-OH is 1. The number of carbonyl (C=O) groups excluding carboxylic acids is 2. The lowest BCUT2D eigenvalue weighted by molar-refractivity contribution is -0.121. The van der Waals surface area contributed by atoms with Gasteiger partial charge < -0.3 is 15.7 Å². The summed E-state index contributed by atoms with van der Waals surface area (Å²) >= 11 is 0. The van der Waals surface area contributed by atoms with Crippen molar-refractivity contribution in [3.63, 3.8) is 0 Å². The van der Waals surface area contributed by atoms with Gasteiger partial charge in [-0.2, -0.15) is 0 Å². The lowest BCUT2D eigenvalue weighted by Gasteiger charge is -2.28. The third-order valence-electron chi connectivity index (χ3n) is 3.41. The molecule has 0 heterocycles. The van der Waals surface area contributed by atoms with Crippen molar-refractivity contribution in [2.45, 2.75) is 44.8 Å². The Hall–Kier alpha value is -1.14. The topological polar surface area (TPSA) is 90.5 Å². The molecule has 0 radical (unpaired) electrons. The lowest BCUT2D eigenvalue weighted by atomic mass is 9.86. The van der Waals surface area contributed by atoms with Crippen LogP contribution in [0.5, 0.6) is 0 Å². The zero-order chi connectivity index (χ0) is 13.5. The summed E-state index contributed by atoms with van der Waals surface area (Å²) < 4.78 is 0. The molecule has 1 saturated carbocycles. The molecule has 1 fully saturated rings. The number of aliphatic hydroxyl groups is 1. The molecular formula is C12H23N3O3. The monoisotopic (exact) mass is 257 g/mol. The summed E-state index contributed by atoms with van der Waals surface area (Å²) in [6.45, 7) is 2.30. The number of rotatable bonds is 4. The normalized spacial score (nSPS) is 25.3. The minimum Gasteiger partial charge on any atom is -0.393 e. The van der Waals surface area contributed by atoms with Gasteiger partial charge in [-0.3, -0.25) is 10.1 Å². The van der Waals surface area contributed by atoms with Gasteiger partial charge in [0, 0.05) is 13.6 Å². The first kappa shape index (κ1) is 14.9. The van der Waals surface area contributed by atoms with Crippen molar-refractivity contribution >= 4 is 11.9 Å². The average Bonchev–Trinajstić information content (AvgIpc) is 2.37. The smallest absolute Gasteiger partial charge is 0.321 e. The van der Waals surface area contributed by atoms with Crippen molar-refractivity contribution in [1.82, 2.24) is 16.0 Å². The number of imide groups is 1. The standard InChI is InChI=1S/C12H23N3O3/c1-8(11(17)15-12(18)13-2)14-7-9-5-3-4-6-10(9)16/h8-10,14,16H,3-7H2,1-2H3,(H2,13,15,17,18). The molecule has 3 amide bonds. The third-order valence-corrected chi connectivity index (χ3v) is 3.41. The Morgan fingerprint density at radius 3 is 2.61 bits per heavy atom. The summed E-state index contributed by atoms with van der Waals surface area (Å²) in [5, 5.41) is 17.4.